The summed E-state index contributed by atoms with van der Waals surface area (Å²) in [6, 6.07) is 5.76. The normalized spacial score (nSPS) is 24.7. The monoisotopic (exact) mass is 406 g/mol. The smallest absolute Gasteiger partial charge is 0.272 e. The Morgan fingerprint density at radius 3 is 2.54 bits per heavy atom. The minimum absolute atomic E-state index is 0.00104. The molecule has 0 saturated heterocycles. The van der Waals surface area contributed by atoms with Gasteiger partial charge in [-0.1, -0.05) is 11.6 Å². The zero-order valence-electron chi connectivity index (χ0n) is 15.5. The van der Waals surface area contributed by atoms with E-state index >= 15 is 0 Å². The quantitative estimate of drug-likeness (QED) is 0.769. The third-order valence-electron chi connectivity index (χ3n) is 5.42. The number of rotatable bonds is 6. The number of ether oxygens (including phenoxy) is 1. The van der Waals surface area contributed by atoms with Gasteiger partial charge in [-0.3, -0.25) is 14.3 Å². The minimum atomic E-state index is -0.597. The van der Waals surface area contributed by atoms with E-state index in [4.69, 9.17) is 16.3 Å². The number of aryl methyl sites for hydroxylation is 2. The highest BCUT2D eigenvalue weighted by Crippen LogP contribution is 2.60. The molecule has 0 radical (unpaired) electrons. The number of hydrogen-bond donors (Lipinski definition) is 2. The molecule has 3 fully saturated rings. The van der Waals surface area contributed by atoms with E-state index < -0.39 is 5.82 Å². The molecule has 0 aliphatic heterocycles. The van der Waals surface area contributed by atoms with E-state index in [1.54, 1.807) is 17.8 Å². The van der Waals surface area contributed by atoms with Crippen molar-refractivity contribution in [3.8, 4) is 5.75 Å². The minimum Gasteiger partial charge on any atom is -0.484 e. The molecule has 7 nitrogen and oxygen atoms in total. The zero-order valence-corrected chi connectivity index (χ0v) is 16.3. The summed E-state index contributed by atoms with van der Waals surface area (Å²) in [6.07, 6.45) is 2.04. The Kier molecular flexibility index (Phi) is 4.33. The largest absolute Gasteiger partial charge is 0.484 e. The van der Waals surface area contributed by atoms with Gasteiger partial charge in [-0.05, 0) is 44.4 Å². The first-order valence-electron chi connectivity index (χ1n) is 8.91. The maximum absolute atomic E-state index is 13.4. The van der Waals surface area contributed by atoms with Crippen LogP contribution in [-0.2, 0) is 11.8 Å². The Hall–Kier alpha value is -2.61. The third kappa shape index (κ3) is 3.32. The fraction of sp³-hybridized carbons (Fsp3) is 0.421. The van der Waals surface area contributed by atoms with Crippen LogP contribution in [0.4, 0.5) is 4.39 Å². The Bertz CT molecular complexity index is 935. The molecule has 9 heteroatoms. The van der Waals surface area contributed by atoms with E-state index in [2.05, 4.69) is 15.7 Å². The van der Waals surface area contributed by atoms with Gasteiger partial charge in [0.1, 0.15) is 17.3 Å². The summed E-state index contributed by atoms with van der Waals surface area (Å²) >= 11 is 5.61. The van der Waals surface area contributed by atoms with Gasteiger partial charge < -0.3 is 15.4 Å². The van der Waals surface area contributed by atoms with Gasteiger partial charge >= 0.3 is 0 Å². The number of nitrogens with zero attached hydrogens (tertiary/aromatic N) is 2. The number of carbonyl (C=O) groups is 2. The van der Waals surface area contributed by atoms with E-state index in [-0.39, 0.29) is 40.3 Å². The molecule has 3 saturated carbocycles. The van der Waals surface area contributed by atoms with Crippen molar-refractivity contribution in [2.45, 2.75) is 37.3 Å². The molecule has 3 aliphatic carbocycles. The molecule has 0 spiro atoms. The maximum Gasteiger partial charge on any atom is 0.272 e. The molecule has 148 valence electrons. The van der Waals surface area contributed by atoms with Gasteiger partial charge in [0, 0.05) is 29.9 Å². The van der Waals surface area contributed by atoms with Crippen LogP contribution < -0.4 is 15.4 Å². The Labute approximate surface area is 166 Å². The Morgan fingerprint density at radius 1 is 1.25 bits per heavy atom. The Balaban J connectivity index is 1.24. The molecule has 1 heterocycles. The number of halogens is 2. The van der Waals surface area contributed by atoms with Crippen LogP contribution >= 0.6 is 11.6 Å². The molecule has 2 amide bonds. The standard InChI is InChI=1S/C19H20ClFN4O3/c1-11-5-15(24-25(11)2)17(27)23-19-8-18(9-19,10-19)22-16(26)7-28-12-3-4-13(20)14(21)6-12/h3-6H,7-10H2,1-2H3,(H,22,26)(H,23,27). The zero-order chi connectivity index (χ0) is 20.1. The van der Waals surface area contributed by atoms with Crippen molar-refractivity contribution in [3.05, 3.63) is 46.5 Å². The van der Waals surface area contributed by atoms with Crippen molar-refractivity contribution in [1.29, 1.82) is 0 Å². The molecule has 0 atom stereocenters. The first-order valence-corrected chi connectivity index (χ1v) is 9.29. The predicted octanol–water partition coefficient (Wildman–Crippen LogP) is 2.12. The number of nitrogens with one attached hydrogen (secondary N) is 2. The highest BCUT2D eigenvalue weighted by Gasteiger charge is 2.69. The fourth-order valence-corrected chi connectivity index (χ4v) is 4.19. The fourth-order valence-electron chi connectivity index (χ4n) is 4.08. The maximum atomic E-state index is 13.4. The van der Waals surface area contributed by atoms with Crippen molar-refractivity contribution >= 4 is 23.4 Å². The van der Waals surface area contributed by atoms with E-state index in [0.717, 1.165) is 11.8 Å². The molecule has 5 rings (SSSR count). The van der Waals surface area contributed by atoms with Crippen molar-refractivity contribution in [2.24, 2.45) is 7.05 Å². The first kappa shape index (κ1) is 18.7. The lowest BCUT2D eigenvalue weighted by Crippen LogP contribution is -2.84. The summed E-state index contributed by atoms with van der Waals surface area (Å²) in [7, 11) is 1.79. The second kappa shape index (κ2) is 6.48. The second-order valence-electron chi connectivity index (χ2n) is 7.75. The number of carbonyl (C=O) groups excluding carboxylic acids is 2. The summed E-state index contributed by atoms with van der Waals surface area (Å²) in [5, 5.41) is 10.2. The van der Waals surface area contributed by atoms with Crippen molar-refractivity contribution in [1.82, 2.24) is 20.4 Å². The summed E-state index contributed by atoms with van der Waals surface area (Å²) < 4.78 is 20.3. The van der Waals surface area contributed by atoms with E-state index in [1.807, 2.05) is 6.92 Å². The van der Waals surface area contributed by atoms with Gasteiger partial charge in [0.05, 0.1) is 5.02 Å². The topological polar surface area (TPSA) is 85.2 Å². The molecular weight excluding hydrogens is 387 g/mol. The van der Waals surface area contributed by atoms with Crippen LogP contribution in [0.3, 0.4) is 0 Å². The van der Waals surface area contributed by atoms with Crippen LogP contribution in [0.1, 0.15) is 35.4 Å². The lowest BCUT2D eigenvalue weighted by Gasteiger charge is -2.70. The SMILES string of the molecule is Cc1cc(C(=O)NC23CC(NC(=O)COc4ccc(Cl)c(F)c4)(C2)C3)nn1C. The molecule has 28 heavy (non-hydrogen) atoms. The molecular formula is C19H20ClFN4O3. The van der Waals surface area contributed by atoms with Crippen molar-refractivity contribution < 1.29 is 18.7 Å². The summed E-state index contributed by atoms with van der Waals surface area (Å²) in [4.78, 5) is 24.5. The lowest BCUT2D eigenvalue weighted by molar-refractivity contribution is -0.141. The molecule has 1 aromatic carbocycles. The number of aromatic nitrogens is 2. The van der Waals surface area contributed by atoms with Crippen LogP contribution in [0, 0.1) is 12.7 Å². The second-order valence-corrected chi connectivity index (χ2v) is 8.16. The van der Waals surface area contributed by atoms with Crippen molar-refractivity contribution in [3.63, 3.8) is 0 Å². The predicted molar refractivity (Wildman–Crippen MR) is 99.8 cm³/mol. The number of amides is 2. The molecule has 2 bridgehead atoms. The third-order valence-corrected chi connectivity index (χ3v) is 5.73. The average Bonchev–Trinajstić information content (AvgIpc) is 2.92. The van der Waals surface area contributed by atoms with Gasteiger partial charge in [0.2, 0.25) is 0 Å². The molecule has 2 aromatic rings. The number of benzene rings is 1. The highest BCUT2D eigenvalue weighted by atomic mass is 35.5. The van der Waals surface area contributed by atoms with Gasteiger partial charge in [0.15, 0.2) is 6.61 Å². The van der Waals surface area contributed by atoms with Crippen LogP contribution in [-0.4, -0.2) is 39.3 Å². The lowest BCUT2D eigenvalue weighted by atomic mass is 9.44. The van der Waals surface area contributed by atoms with Gasteiger partial charge in [-0.25, -0.2) is 4.39 Å². The molecule has 3 aliphatic rings. The highest BCUT2D eigenvalue weighted by molar-refractivity contribution is 6.30. The molecule has 0 unspecified atom stereocenters. The average molecular weight is 407 g/mol. The van der Waals surface area contributed by atoms with Crippen LogP contribution in [0.5, 0.6) is 5.75 Å². The number of hydrogen-bond acceptors (Lipinski definition) is 4. The molecule has 2 N–H and O–H groups in total. The summed E-state index contributed by atoms with van der Waals surface area (Å²) in [5.74, 6) is -0.837. The van der Waals surface area contributed by atoms with Gasteiger partial charge in [0.25, 0.3) is 11.8 Å². The summed E-state index contributed by atoms with van der Waals surface area (Å²) in [5.41, 5.74) is 0.744. The Morgan fingerprint density at radius 2 is 1.93 bits per heavy atom. The van der Waals surface area contributed by atoms with Crippen LogP contribution in [0.15, 0.2) is 24.3 Å². The first-order chi connectivity index (χ1) is 13.2. The molecule has 1 aromatic heterocycles. The summed E-state index contributed by atoms with van der Waals surface area (Å²) in [6.45, 7) is 1.67. The van der Waals surface area contributed by atoms with Crippen molar-refractivity contribution in [2.75, 3.05) is 6.61 Å². The van der Waals surface area contributed by atoms with E-state index in [9.17, 15) is 14.0 Å². The van der Waals surface area contributed by atoms with E-state index in [1.165, 1.54) is 12.1 Å². The van der Waals surface area contributed by atoms with Gasteiger partial charge in [-0.2, -0.15) is 5.10 Å². The van der Waals surface area contributed by atoms with Crippen LogP contribution in [0.2, 0.25) is 5.02 Å². The van der Waals surface area contributed by atoms with E-state index in [0.29, 0.717) is 25.0 Å². The van der Waals surface area contributed by atoms with Crippen LogP contribution in [0.25, 0.3) is 0 Å². The van der Waals surface area contributed by atoms with Gasteiger partial charge in [-0.15, -0.1) is 0 Å².